The number of fused-ring (bicyclic) bond motifs is 1. The molecule has 0 aromatic heterocycles. The monoisotopic (exact) mass is 346 g/mol. The molecule has 3 rings (SSSR count). The fourth-order valence-electron chi connectivity index (χ4n) is 2.72. The van der Waals surface area contributed by atoms with Crippen molar-refractivity contribution < 1.29 is 18.0 Å². The molecule has 6 nitrogen and oxygen atoms in total. The van der Waals surface area contributed by atoms with E-state index in [9.17, 15) is 13.2 Å². The average molecular weight is 346 g/mol. The molecule has 2 aromatic rings. The summed E-state index contributed by atoms with van der Waals surface area (Å²) < 4.78 is 26.5. The first kappa shape index (κ1) is 16.5. The highest BCUT2D eigenvalue weighted by atomic mass is 32.2. The van der Waals surface area contributed by atoms with Crippen molar-refractivity contribution in [1.29, 1.82) is 0 Å². The number of benzene rings is 2. The molecule has 2 aromatic carbocycles. The zero-order valence-electron chi connectivity index (χ0n) is 13.5. The van der Waals surface area contributed by atoms with Gasteiger partial charge in [0.2, 0.25) is 5.91 Å². The van der Waals surface area contributed by atoms with E-state index in [1.807, 2.05) is 0 Å². The number of likely N-dealkylation sites (N-methyl/N-ethyl adjacent to an activating group) is 1. The molecule has 0 bridgehead atoms. The Balaban J connectivity index is 2.01. The standard InChI is InChI=1S/C17H18N2O4S/c1-18-12-14-10-15(9-8-13(14)11-17(18)20)19(23-2)24(21,22)16-6-4-3-5-7-16/h3-10H,11-12H2,1-2H3. The minimum atomic E-state index is -3.82. The number of anilines is 1. The van der Waals surface area contributed by atoms with Crippen LogP contribution in [0.2, 0.25) is 0 Å². The van der Waals surface area contributed by atoms with Crippen LogP contribution in [0.25, 0.3) is 0 Å². The Kier molecular flexibility index (Phi) is 4.29. The van der Waals surface area contributed by atoms with Crippen molar-refractivity contribution in [2.24, 2.45) is 0 Å². The van der Waals surface area contributed by atoms with Crippen molar-refractivity contribution in [3.8, 4) is 0 Å². The second-order valence-electron chi connectivity index (χ2n) is 5.61. The Morgan fingerprint density at radius 2 is 1.79 bits per heavy atom. The molecular formula is C17H18N2O4S. The Labute approximate surface area is 141 Å². The third-order valence-corrected chi connectivity index (χ3v) is 5.67. The van der Waals surface area contributed by atoms with Crippen LogP contribution in [0.3, 0.4) is 0 Å². The first-order chi connectivity index (χ1) is 11.4. The molecule has 0 unspecified atom stereocenters. The molecule has 0 radical (unpaired) electrons. The van der Waals surface area contributed by atoms with E-state index in [1.165, 1.54) is 19.2 Å². The number of hydrogen-bond donors (Lipinski definition) is 0. The van der Waals surface area contributed by atoms with Crippen molar-refractivity contribution in [2.45, 2.75) is 17.9 Å². The number of carbonyl (C=O) groups is 1. The van der Waals surface area contributed by atoms with Crippen LogP contribution in [-0.2, 0) is 32.6 Å². The third-order valence-electron chi connectivity index (χ3n) is 4.00. The molecule has 1 aliphatic heterocycles. The summed E-state index contributed by atoms with van der Waals surface area (Å²) in [5, 5.41) is 0. The maximum atomic E-state index is 12.8. The quantitative estimate of drug-likeness (QED) is 0.794. The number of rotatable bonds is 4. The molecule has 0 saturated heterocycles. The summed E-state index contributed by atoms with van der Waals surface area (Å²) in [6.45, 7) is 0.449. The van der Waals surface area contributed by atoms with Gasteiger partial charge in [-0.1, -0.05) is 24.3 Å². The zero-order valence-corrected chi connectivity index (χ0v) is 14.3. The van der Waals surface area contributed by atoms with Gasteiger partial charge >= 0.3 is 0 Å². The molecule has 126 valence electrons. The minimum Gasteiger partial charge on any atom is -0.341 e. The SMILES string of the molecule is CON(c1ccc2c(c1)CN(C)C(=O)C2)S(=O)(=O)c1ccccc1. The second-order valence-corrected chi connectivity index (χ2v) is 7.36. The van der Waals surface area contributed by atoms with Crippen LogP contribution in [0, 0.1) is 0 Å². The van der Waals surface area contributed by atoms with Gasteiger partial charge in [0.05, 0.1) is 24.1 Å². The molecule has 0 spiro atoms. The van der Waals surface area contributed by atoms with Crippen LogP contribution in [0.4, 0.5) is 5.69 Å². The normalized spacial score (nSPS) is 14.4. The summed E-state index contributed by atoms with van der Waals surface area (Å²) >= 11 is 0. The van der Waals surface area contributed by atoms with Gasteiger partial charge in [0.25, 0.3) is 10.0 Å². The summed E-state index contributed by atoms with van der Waals surface area (Å²) in [6, 6.07) is 13.3. The Bertz CT molecular complexity index is 865. The average Bonchev–Trinajstić information content (AvgIpc) is 2.57. The molecule has 1 heterocycles. The van der Waals surface area contributed by atoms with Gasteiger partial charge < -0.3 is 4.90 Å². The molecule has 0 fully saturated rings. The van der Waals surface area contributed by atoms with Gasteiger partial charge in [-0.15, -0.1) is 4.47 Å². The van der Waals surface area contributed by atoms with E-state index in [1.54, 1.807) is 48.3 Å². The van der Waals surface area contributed by atoms with Gasteiger partial charge in [0.15, 0.2) is 0 Å². The van der Waals surface area contributed by atoms with Crippen LogP contribution in [0.15, 0.2) is 53.4 Å². The van der Waals surface area contributed by atoms with Crippen molar-refractivity contribution in [1.82, 2.24) is 4.90 Å². The summed E-state index contributed by atoms with van der Waals surface area (Å²) in [5.74, 6) is 0.0516. The van der Waals surface area contributed by atoms with Crippen molar-refractivity contribution in [2.75, 3.05) is 18.6 Å². The Morgan fingerprint density at radius 3 is 2.46 bits per heavy atom. The topological polar surface area (TPSA) is 66.9 Å². The van der Waals surface area contributed by atoms with Gasteiger partial charge in [0, 0.05) is 13.6 Å². The first-order valence-electron chi connectivity index (χ1n) is 7.44. The zero-order chi connectivity index (χ0) is 17.3. The number of amides is 1. The van der Waals surface area contributed by atoms with Crippen molar-refractivity contribution in [3.05, 3.63) is 59.7 Å². The number of nitrogens with zero attached hydrogens (tertiary/aromatic N) is 2. The highest BCUT2D eigenvalue weighted by Crippen LogP contribution is 2.28. The highest BCUT2D eigenvalue weighted by Gasteiger charge is 2.27. The number of hydrogen-bond acceptors (Lipinski definition) is 4. The van der Waals surface area contributed by atoms with Gasteiger partial charge in [0.1, 0.15) is 0 Å². The Morgan fingerprint density at radius 1 is 1.08 bits per heavy atom. The van der Waals surface area contributed by atoms with Crippen LogP contribution in [0.5, 0.6) is 0 Å². The minimum absolute atomic E-state index is 0.0516. The lowest BCUT2D eigenvalue weighted by Gasteiger charge is -2.27. The fraction of sp³-hybridized carbons (Fsp3) is 0.235. The lowest BCUT2D eigenvalue weighted by molar-refractivity contribution is -0.130. The second kappa shape index (κ2) is 6.26. The van der Waals surface area contributed by atoms with Crippen LogP contribution in [0.1, 0.15) is 11.1 Å². The summed E-state index contributed by atoms with van der Waals surface area (Å²) in [6.07, 6.45) is 0.324. The number of carbonyl (C=O) groups excluding carboxylic acids is 1. The largest absolute Gasteiger partial charge is 0.341 e. The molecular weight excluding hydrogens is 328 g/mol. The summed E-state index contributed by atoms with van der Waals surface area (Å²) in [7, 11) is -0.780. The predicted molar refractivity (Wildman–Crippen MR) is 89.7 cm³/mol. The van der Waals surface area contributed by atoms with E-state index in [-0.39, 0.29) is 10.8 Å². The van der Waals surface area contributed by atoms with Crippen molar-refractivity contribution in [3.63, 3.8) is 0 Å². The van der Waals surface area contributed by atoms with E-state index in [0.717, 1.165) is 15.6 Å². The predicted octanol–water partition coefficient (Wildman–Crippen LogP) is 1.96. The molecule has 24 heavy (non-hydrogen) atoms. The summed E-state index contributed by atoms with van der Waals surface area (Å²) in [5.41, 5.74) is 2.23. The molecule has 1 amide bonds. The maximum absolute atomic E-state index is 12.8. The smallest absolute Gasteiger partial charge is 0.286 e. The summed E-state index contributed by atoms with van der Waals surface area (Å²) in [4.78, 5) is 18.7. The highest BCUT2D eigenvalue weighted by molar-refractivity contribution is 7.92. The van der Waals surface area contributed by atoms with Crippen LogP contribution in [-0.4, -0.2) is 33.4 Å². The van der Waals surface area contributed by atoms with Gasteiger partial charge in [-0.05, 0) is 35.4 Å². The van der Waals surface area contributed by atoms with E-state index in [4.69, 9.17) is 4.84 Å². The molecule has 0 aliphatic carbocycles. The van der Waals surface area contributed by atoms with E-state index in [2.05, 4.69) is 0 Å². The molecule has 0 saturated carbocycles. The maximum Gasteiger partial charge on any atom is 0.286 e. The van der Waals surface area contributed by atoms with Crippen molar-refractivity contribution >= 4 is 21.6 Å². The Hall–Kier alpha value is -2.38. The van der Waals surface area contributed by atoms with Gasteiger partial charge in [-0.3, -0.25) is 9.63 Å². The van der Waals surface area contributed by atoms with Gasteiger partial charge in [-0.2, -0.15) is 8.42 Å². The van der Waals surface area contributed by atoms with Crippen LogP contribution < -0.4 is 4.47 Å². The molecule has 0 atom stereocenters. The molecule has 0 N–H and O–H groups in total. The van der Waals surface area contributed by atoms with Gasteiger partial charge in [-0.25, -0.2) is 0 Å². The number of sulfonamides is 1. The van der Waals surface area contributed by atoms with E-state index < -0.39 is 10.0 Å². The lowest BCUT2D eigenvalue weighted by Crippen LogP contribution is -2.33. The fourth-order valence-corrected chi connectivity index (χ4v) is 4.00. The molecule has 7 heteroatoms. The molecule has 1 aliphatic rings. The first-order valence-corrected chi connectivity index (χ1v) is 8.88. The van der Waals surface area contributed by atoms with E-state index >= 15 is 0 Å². The van der Waals surface area contributed by atoms with E-state index in [0.29, 0.717) is 18.7 Å². The lowest BCUT2D eigenvalue weighted by atomic mass is 9.99. The van der Waals surface area contributed by atoms with Crippen LogP contribution >= 0.6 is 0 Å². The third kappa shape index (κ3) is 2.88.